The summed E-state index contributed by atoms with van der Waals surface area (Å²) in [5, 5.41) is 1.30. The Morgan fingerprint density at radius 2 is 1.67 bits per heavy atom. The van der Waals surface area contributed by atoms with Crippen molar-refractivity contribution in [1.82, 2.24) is 15.0 Å². The van der Waals surface area contributed by atoms with E-state index in [0.29, 0.717) is 0 Å². The molecule has 0 spiro atoms. The number of hydrogen-bond donors (Lipinski definition) is 0. The zero-order valence-corrected chi connectivity index (χ0v) is 18.5. The van der Waals surface area contributed by atoms with Crippen molar-refractivity contribution in [2.24, 2.45) is 5.92 Å². The van der Waals surface area contributed by atoms with E-state index in [9.17, 15) is 0 Å². The Labute approximate surface area is 181 Å². The average Bonchev–Trinajstić information content (AvgIpc) is 3.19. The second kappa shape index (κ2) is 7.61. The van der Waals surface area contributed by atoms with Gasteiger partial charge >= 0.3 is 0 Å². The molecule has 1 aliphatic carbocycles. The first kappa shape index (κ1) is 18.8. The zero-order valence-electron chi connectivity index (χ0n) is 17.7. The number of hydrogen-bond acceptors (Lipinski definition) is 7. The summed E-state index contributed by atoms with van der Waals surface area (Å²) in [4.78, 5) is 20.8. The zero-order chi connectivity index (χ0) is 20.1. The van der Waals surface area contributed by atoms with Crippen LogP contribution in [0.2, 0.25) is 0 Å². The van der Waals surface area contributed by atoms with Crippen molar-refractivity contribution in [3.63, 3.8) is 0 Å². The molecule has 2 saturated heterocycles. The number of ether oxygens (including phenoxy) is 1. The quantitative estimate of drug-likeness (QED) is 0.616. The number of thiophene rings is 1. The standard InChI is InChI=1S/C23H29N5OS/c1-15-6-8-27(9-7-15)22-20-19(24-14-25-22)18-16-4-2-3-5-17(16)21(26-23(18)30-20)28-10-12-29-13-11-28/h14-15H,2-13H2,1H3. The summed E-state index contributed by atoms with van der Waals surface area (Å²) in [6.07, 6.45) is 9.03. The maximum Gasteiger partial charge on any atom is 0.150 e. The second-order valence-corrected chi connectivity index (χ2v) is 10.0. The van der Waals surface area contributed by atoms with Crippen molar-refractivity contribution in [1.29, 1.82) is 0 Å². The van der Waals surface area contributed by atoms with Gasteiger partial charge in [-0.2, -0.15) is 0 Å². The molecule has 2 aliphatic heterocycles. The van der Waals surface area contributed by atoms with Gasteiger partial charge in [-0.25, -0.2) is 15.0 Å². The summed E-state index contributed by atoms with van der Waals surface area (Å²) in [5.74, 6) is 3.13. The molecule has 0 bridgehead atoms. The lowest BCUT2D eigenvalue weighted by atomic mass is 9.90. The van der Waals surface area contributed by atoms with E-state index < -0.39 is 0 Å². The van der Waals surface area contributed by atoms with E-state index in [1.807, 2.05) is 0 Å². The van der Waals surface area contributed by atoms with Crippen LogP contribution in [0.15, 0.2) is 6.33 Å². The van der Waals surface area contributed by atoms with Crippen LogP contribution in [-0.2, 0) is 17.6 Å². The molecule has 3 aromatic rings. The first-order valence-electron chi connectivity index (χ1n) is 11.5. The largest absolute Gasteiger partial charge is 0.378 e. The Hall–Kier alpha value is -1.99. The van der Waals surface area contributed by atoms with Crippen LogP contribution in [0, 0.1) is 5.92 Å². The van der Waals surface area contributed by atoms with Crippen LogP contribution >= 0.6 is 11.3 Å². The molecule has 158 valence electrons. The van der Waals surface area contributed by atoms with Gasteiger partial charge in [-0.15, -0.1) is 11.3 Å². The Bertz CT molecular complexity index is 1080. The lowest BCUT2D eigenvalue weighted by Crippen LogP contribution is -2.37. The lowest BCUT2D eigenvalue weighted by Gasteiger charge is -2.31. The number of rotatable bonds is 2. The van der Waals surface area contributed by atoms with Crippen molar-refractivity contribution in [2.45, 2.75) is 45.4 Å². The van der Waals surface area contributed by atoms with Gasteiger partial charge < -0.3 is 14.5 Å². The van der Waals surface area contributed by atoms with Gasteiger partial charge in [0, 0.05) is 31.6 Å². The Morgan fingerprint density at radius 1 is 0.933 bits per heavy atom. The third-order valence-electron chi connectivity index (χ3n) is 7.08. The van der Waals surface area contributed by atoms with E-state index in [0.717, 1.165) is 74.3 Å². The molecular formula is C23H29N5OS. The molecule has 3 aromatic heterocycles. The molecule has 30 heavy (non-hydrogen) atoms. The van der Waals surface area contributed by atoms with E-state index >= 15 is 0 Å². The molecule has 0 unspecified atom stereocenters. The van der Waals surface area contributed by atoms with Crippen molar-refractivity contribution >= 4 is 43.4 Å². The van der Waals surface area contributed by atoms with Gasteiger partial charge in [-0.3, -0.25) is 0 Å². The van der Waals surface area contributed by atoms with E-state index in [1.54, 1.807) is 17.7 Å². The smallest absolute Gasteiger partial charge is 0.150 e. The fourth-order valence-corrected chi connectivity index (χ4v) is 6.48. The summed E-state index contributed by atoms with van der Waals surface area (Å²) in [5.41, 5.74) is 4.08. The molecule has 0 amide bonds. The molecule has 6 rings (SSSR count). The number of morpholine rings is 1. The highest BCUT2D eigenvalue weighted by Gasteiger charge is 2.27. The third-order valence-corrected chi connectivity index (χ3v) is 8.14. The normalized spacial score (nSPS) is 20.8. The van der Waals surface area contributed by atoms with Gasteiger partial charge in [0.2, 0.25) is 0 Å². The van der Waals surface area contributed by atoms with Gasteiger partial charge in [0.25, 0.3) is 0 Å². The van der Waals surface area contributed by atoms with Gasteiger partial charge in [0.15, 0.2) is 0 Å². The summed E-state index contributed by atoms with van der Waals surface area (Å²) >= 11 is 1.80. The number of piperidine rings is 1. The van der Waals surface area contributed by atoms with Crippen LogP contribution in [0.3, 0.4) is 0 Å². The lowest BCUT2D eigenvalue weighted by molar-refractivity contribution is 0.122. The van der Waals surface area contributed by atoms with E-state index in [1.165, 1.54) is 52.7 Å². The van der Waals surface area contributed by atoms with Crippen molar-refractivity contribution in [2.75, 3.05) is 49.2 Å². The molecule has 0 N–H and O–H groups in total. The minimum absolute atomic E-state index is 0.796. The second-order valence-electron chi connectivity index (χ2n) is 9.03. The van der Waals surface area contributed by atoms with Crippen LogP contribution < -0.4 is 9.80 Å². The van der Waals surface area contributed by atoms with Crippen molar-refractivity contribution < 1.29 is 4.74 Å². The van der Waals surface area contributed by atoms with Crippen LogP contribution in [0.4, 0.5) is 11.6 Å². The number of fused-ring (bicyclic) bond motifs is 5. The SMILES string of the molecule is CC1CCN(c2ncnc3c2sc2nc(N4CCOCC4)c4c(c23)CCCC4)CC1. The highest BCUT2D eigenvalue weighted by molar-refractivity contribution is 7.26. The first-order chi connectivity index (χ1) is 14.8. The number of aromatic nitrogens is 3. The number of nitrogens with zero attached hydrogens (tertiary/aromatic N) is 5. The van der Waals surface area contributed by atoms with Gasteiger partial charge in [-0.05, 0) is 55.6 Å². The monoisotopic (exact) mass is 423 g/mol. The molecule has 2 fully saturated rings. The maximum absolute atomic E-state index is 5.60. The topological polar surface area (TPSA) is 54.4 Å². The summed E-state index contributed by atoms with van der Waals surface area (Å²) < 4.78 is 6.82. The number of anilines is 2. The van der Waals surface area contributed by atoms with Crippen LogP contribution in [-0.4, -0.2) is 54.3 Å². The molecule has 0 radical (unpaired) electrons. The predicted octanol–water partition coefficient (Wildman–Crippen LogP) is 4.19. The molecule has 0 aromatic carbocycles. The van der Waals surface area contributed by atoms with Crippen LogP contribution in [0.1, 0.15) is 43.7 Å². The molecule has 5 heterocycles. The molecule has 6 nitrogen and oxygen atoms in total. The molecule has 0 atom stereocenters. The summed E-state index contributed by atoms with van der Waals surface area (Å²) in [7, 11) is 0. The summed E-state index contributed by atoms with van der Waals surface area (Å²) in [6, 6.07) is 0. The van der Waals surface area contributed by atoms with Crippen molar-refractivity contribution in [3.05, 3.63) is 17.5 Å². The fraction of sp³-hybridized carbons (Fsp3) is 0.609. The van der Waals surface area contributed by atoms with E-state index in [4.69, 9.17) is 19.7 Å². The molecular weight excluding hydrogens is 394 g/mol. The highest BCUT2D eigenvalue weighted by Crippen LogP contribution is 2.43. The van der Waals surface area contributed by atoms with E-state index in [2.05, 4.69) is 16.7 Å². The predicted molar refractivity (Wildman–Crippen MR) is 123 cm³/mol. The molecule has 0 saturated carbocycles. The number of aryl methyl sites for hydroxylation is 1. The third kappa shape index (κ3) is 3.05. The molecule has 7 heteroatoms. The van der Waals surface area contributed by atoms with Gasteiger partial charge in [0.05, 0.1) is 23.4 Å². The highest BCUT2D eigenvalue weighted by atomic mass is 32.1. The first-order valence-corrected chi connectivity index (χ1v) is 12.3. The fourth-order valence-electron chi connectivity index (χ4n) is 5.31. The van der Waals surface area contributed by atoms with Gasteiger partial charge in [-0.1, -0.05) is 6.92 Å². The van der Waals surface area contributed by atoms with Gasteiger partial charge in [0.1, 0.15) is 22.8 Å². The Morgan fingerprint density at radius 3 is 2.47 bits per heavy atom. The Kier molecular flexibility index (Phi) is 4.76. The molecule has 3 aliphatic rings. The van der Waals surface area contributed by atoms with Crippen molar-refractivity contribution in [3.8, 4) is 0 Å². The van der Waals surface area contributed by atoms with Crippen LogP contribution in [0.25, 0.3) is 20.4 Å². The van der Waals surface area contributed by atoms with E-state index in [-0.39, 0.29) is 0 Å². The Balaban J connectivity index is 1.53. The number of pyridine rings is 1. The average molecular weight is 424 g/mol. The van der Waals surface area contributed by atoms with Crippen LogP contribution in [0.5, 0.6) is 0 Å². The minimum Gasteiger partial charge on any atom is -0.378 e. The maximum atomic E-state index is 5.60. The summed E-state index contributed by atoms with van der Waals surface area (Å²) in [6.45, 7) is 8.00. The minimum atomic E-state index is 0.796.